The molecule has 4 nitrogen and oxygen atoms in total. The third-order valence-electron chi connectivity index (χ3n) is 3.30. The normalized spacial score (nSPS) is 11.6. The summed E-state index contributed by atoms with van der Waals surface area (Å²) in [5.74, 6) is 0. The molecule has 0 amide bonds. The smallest absolute Gasteiger partial charge is 0.179 e. The number of hydrogen-bond acceptors (Lipinski definition) is 2. The van der Waals surface area contributed by atoms with Gasteiger partial charge in [0, 0.05) is 5.39 Å². The Balaban J connectivity index is 2.36. The minimum atomic E-state index is 0.0196. The molecule has 86 valence electrons. The summed E-state index contributed by atoms with van der Waals surface area (Å²) in [4.78, 5) is 11.6. The van der Waals surface area contributed by atoms with Crippen molar-refractivity contribution in [2.75, 3.05) is 0 Å². The van der Waals surface area contributed by atoms with Gasteiger partial charge in [0.25, 0.3) is 0 Å². The number of fused-ring (bicyclic) bond motifs is 5. The zero-order chi connectivity index (χ0) is 12.1. The van der Waals surface area contributed by atoms with Crippen LogP contribution >= 0.6 is 0 Å². The van der Waals surface area contributed by atoms with Gasteiger partial charge >= 0.3 is 0 Å². The van der Waals surface area contributed by atoms with E-state index in [4.69, 9.17) is 0 Å². The summed E-state index contributed by atoms with van der Waals surface area (Å²) >= 11 is 0. The molecule has 1 aromatic heterocycles. The lowest BCUT2D eigenvalue weighted by Gasteiger charge is -1.91. The van der Waals surface area contributed by atoms with Gasteiger partial charge < -0.3 is 0 Å². The zero-order valence-corrected chi connectivity index (χ0v) is 9.40. The number of rotatable bonds is 0. The Kier molecular flexibility index (Phi) is 1.67. The van der Waals surface area contributed by atoms with Crippen molar-refractivity contribution < 1.29 is 0 Å². The second kappa shape index (κ2) is 3.20. The van der Waals surface area contributed by atoms with Crippen LogP contribution in [-0.2, 0) is 0 Å². The molecule has 4 aromatic rings. The monoisotopic (exact) mass is 235 g/mol. The van der Waals surface area contributed by atoms with Crippen LogP contribution in [0.5, 0.6) is 0 Å². The number of benzene rings is 1. The van der Waals surface area contributed by atoms with Gasteiger partial charge in [-0.1, -0.05) is 18.2 Å². The molecule has 18 heavy (non-hydrogen) atoms. The highest BCUT2D eigenvalue weighted by molar-refractivity contribution is 6.19. The molecule has 0 aliphatic rings. The quantitative estimate of drug-likeness (QED) is 0.492. The molecule has 1 heterocycles. The van der Waals surface area contributed by atoms with E-state index in [-0.39, 0.29) is 5.43 Å². The summed E-state index contributed by atoms with van der Waals surface area (Å²) in [6, 6.07) is 13.1. The lowest BCUT2D eigenvalue weighted by atomic mass is 10.1. The first-order valence-corrected chi connectivity index (χ1v) is 5.71. The average molecular weight is 235 g/mol. The summed E-state index contributed by atoms with van der Waals surface area (Å²) in [5, 5.41) is 14.1. The van der Waals surface area contributed by atoms with Crippen molar-refractivity contribution >= 4 is 32.6 Å². The standard InChI is InChI=1S/C14H9N3O/c18-9-3-1-2-8-6-12-10(11(8)7-9)4-5-13-14(12)16-17-15-13/h1-7,15,17H. The fourth-order valence-corrected chi connectivity index (χ4v) is 2.48. The summed E-state index contributed by atoms with van der Waals surface area (Å²) in [5.41, 5.74) is 1.88. The fraction of sp³-hybridized carbons (Fsp3) is 0. The third-order valence-corrected chi connectivity index (χ3v) is 3.30. The van der Waals surface area contributed by atoms with Crippen LogP contribution in [0.1, 0.15) is 0 Å². The van der Waals surface area contributed by atoms with Crippen molar-refractivity contribution in [1.82, 2.24) is 15.4 Å². The van der Waals surface area contributed by atoms with E-state index in [2.05, 4.69) is 21.5 Å². The van der Waals surface area contributed by atoms with E-state index < -0.39 is 0 Å². The fourth-order valence-electron chi connectivity index (χ4n) is 2.48. The minimum absolute atomic E-state index is 0.0196. The van der Waals surface area contributed by atoms with Crippen LogP contribution < -0.4 is 5.43 Å². The third kappa shape index (κ3) is 1.14. The molecule has 0 aliphatic carbocycles. The molecule has 4 heteroatoms. The van der Waals surface area contributed by atoms with Gasteiger partial charge in [0.15, 0.2) is 5.43 Å². The van der Waals surface area contributed by atoms with Crippen molar-refractivity contribution in [3.8, 4) is 0 Å². The highest BCUT2D eigenvalue weighted by Crippen LogP contribution is 2.31. The van der Waals surface area contributed by atoms with Crippen molar-refractivity contribution in [2.45, 2.75) is 0 Å². The molecule has 0 spiro atoms. The van der Waals surface area contributed by atoms with Crippen LogP contribution in [0.15, 0.2) is 47.3 Å². The molecule has 0 unspecified atom stereocenters. The van der Waals surface area contributed by atoms with Crippen LogP contribution in [-0.4, -0.2) is 15.4 Å². The van der Waals surface area contributed by atoms with Gasteiger partial charge in [-0.05, 0) is 40.4 Å². The SMILES string of the molecule is O=c1cccc2cc3c(ccc4[nH][nH]nc43)c2c1. The molecular formula is C14H9N3O. The molecule has 0 saturated carbocycles. The Bertz CT molecular complexity index is 949. The second-order valence-electron chi connectivity index (χ2n) is 4.36. The average Bonchev–Trinajstić information content (AvgIpc) is 2.90. The van der Waals surface area contributed by atoms with E-state index >= 15 is 0 Å². The lowest BCUT2D eigenvalue weighted by molar-refractivity contribution is 0.960. The van der Waals surface area contributed by atoms with Gasteiger partial charge in [0.05, 0.1) is 5.52 Å². The molecule has 3 aromatic carbocycles. The summed E-state index contributed by atoms with van der Waals surface area (Å²) < 4.78 is 0. The molecule has 2 N–H and O–H groups in total. The van der Waals surface area contributed by atoms with Crippen LogP contribution in [0.2, 0.25) is 0 Å². The topological polar surface area (TPSA) is 61.5 Å². The number of hydrogen-bond donors (Lipinski definition) is 2. The molecular weight excluding hydrogens is 226 g/mol. The van der Waals surface area contributed by atoms with E-state index in [0.717, 1.165) is 32.6 Å². The van der Waals surface area contributed by atoms with Crippen molar-refractivity contribution in [1.29, 1.82) is 0 Å². The van der Waals surface area contributed by atoms with Gasteiger partial charge in [-0.3, -0.25) is 9.89 Å². The highest BCUT2D eigenvalue weighted by Gasteiger charge is 2.08. The van der Waals surface area contributed by atoms with Gasteiger partial charge in [0.1, 0.15) is 5.52 Å². The Morgan fingerprint density at radius 3 is 2.83 bits per heavy atom. The first-order chi connectivity index (χ1) is 8.83. The van der Waals surface area contributed by atoms with Crippen molar-refractivity contribution in [3.63, 3.8) is 0 Å². The van der Waals surface area contributed by atoms with Crippen LogP contribution in [0, 0.1) is 0 Å². The maximum atomic E-state index is 11.6. The van der Waals surface area contributed by atoms with Gasteiger partial charge in [0.2, 0.25) is 0 Å². The molecule has 0 aliphatic heterocycles. The Morgan fingerprint density at radius 1 is 0.944 bits per heavy atom. The van der Waals surface area contributed by atoms with E-state index in [9.17, 15) is 4.79 Å². The number of nitrogens with one attached hydrogen (secondary N) is 2. The summed E-state index contributed by atoms with van der Waals surface area (Å²) in [6.07, 6.45) is 0. The number of H-pyrrole nitrogens is 2. The number of nitrogens with zero attached hydrogens (tertiary/aromatic N) is 1. The predicted molar refractivity (Wildman–Crippen MR) is 71.7 cm³/mol. The van der Waals surface area contributed by atoms with Crippen LogP contribution in [0.3, 0.4) is 0 Å². The van der Waals surface area contributed by atoms with E-state index in [0.29, 0.717) is 0 Å². The zero-order valence-electron chi connectivity index (χ0n) is 9.40. The maximum absolute atomic E-state index is 11.6. The van der Waals surface area contributed by atoms with E-state index in [1.807, 2.05) is 18.2 Å². The maximum Gasteiger partial charge on any atom is 0.179 e. The lowest BCUT2D eigenvalue weighted by Crippen LogP contribution is -1.88. The number of aromatic amines is 2. The first-order valence-electron chi connectivity index (χ1n) is 5.71. The summed E-state index contributed by atoms with van der Waals surface area (Å²) in [7, 11) is 0. The molecule has 0 atom stereocenters. The second-order valence-corrected chi connectivity index (χ2v) is 4.36. The van der Waals surface area contributed by atoms with Crippen LogP contribution in [0.4, 0.5) is 0 Å². The van der Waals surface area contributed by atoms with Gasteiger partial charge in [-0.15, -0.1) is 0 Å². The molecule has 0 saturated heterocycles. The predicted octanol–water partition coefficient (Wildman–Crippen LogP) is 2.56. The van der Waals surface area contributed by atoms with E-state index in [1.165, 1.54) is 0 Å². The number of aromatic nitrogens is 3. The van der Waals surface area contributed by atoms with Gasteiger partial charge in [-0.2, -0.15) is 5.10 Å². The molecule has 0 radical (unpaired) electrons. The minimum Gasteiger partial charge on any atom is -0.290 e. The Hall–Kier alpha value is -2.62. The van der Waals surface area contributed by atoms with Gasteiger partial charge in [-0.25, -0.2) is 5.21 Å². The molecule has 0 fully saturated rings. The largest absolute Gasteiger partial charge is 0.290 e. The van der Waals surface area contributed by atoms with Crippen LogP contribution in [0.25, 0.3) is 32.6 Å². The Morgan fingerprint density at radius 2 is 1.89 bits per heavy atom. The highest BCUT2D eigenvalue weighted by atomic mass is 16.1. The molecule has 0 bridgehead atoms. The summed E-state index contributed by atoms with van der Waals surface area (Å²) in [6.45, 7) is 0. The van der Waals surface area contributed by atoms with Crippen molar-refractivity contribution in [2.24, 2.45) is 0 Å². The Labute approximate surface area is 101 Å². The molecule has 4 rings (SSSR count). The first kappa shape index (κ1) is 9.41. The van der Waals surface area contributed by atoms with E-state index in [1.54, 1.807) is 18.2 Å². The van der Waals surface area contributed by atoms with Crippen molar-refractivity contribution in [3.05, 3.63) is 52.7 Å².